The number of aryl methyl sites for hydroxylation is 1. The second-order valence-electron chi connectivity index (χ2n) is 14.8. The van der Waals surface area contributed by atoms with Gasteiger partial charge in [0.15, 0.2) is 0 Å². The largest absolute Gasteiger partial charge is 0.481 e. The molecule has 5 unspecified atom stereocenters. The van der Waals surface area contributed by atoms with Crippen LogP contribution in [0, 0.1) is 36.5 Å². The van der Waals surface area contributed by atoms with Gasteiger partial charge in [0.2, 0.25) is 5.91 Å². The molecule has 0 aliphatic heterocycles. The van der Waals surface area contributed by atoms with Crippen molar-refractivity contribution in [3.63, 3.8) is 0 Å². The summed E-state index contributed by atoms with van der Waals surface area (Å²) in [6.45, 7) is 16.3. The van der Waals surface area contributed by atoms with Crippen LogP contribution in [0.4, 0.5) is 0 Å². The number of H-pyrrole nitrogens is 2. The molecule has 5 atom stereocenters. The third-order valence-corrected chi connectivity index (χ3v) is 11.9. The standard InChI is InChI=1S/C31H49N3O3.C7H14NO2P/c1-8-19(3)21(5)31(7,20(4)9-2)27-16-24(17-29(36)37)30(34-27)26-15-25(22(6)33-26)18-32-28(35)14-23-12-10-11-13-23;9-7(10-8-11)5-6-3-1-2-4-6/h15-16,19-21,23,33-34H,8-14,17-18H2,1-7H3,(H,32,35)(H,36,37);6,8H,1-5,11H2. The highest BCUT2D eigenvalue weighted by atomic mass is 31.0. The molecule has 2 aromatic heterocycles. The lowest BCUT2D eigenvalue weighted by molar-refractivity contribution is -0.147. The average Bonchev–Trinajstić information content (AvgIpc) is 3.88. The van der Waals surface area contributed by atoms with E-state index in [4.69, 9.17) is 0 Å². The topological polar surface area (TPSA) is 136 Å². The molecule has 0 saturated heterocycles. The van der Waals surface area contributed by atoms with Gasteiger partial charge in [0, 0.05) is 29.8 Å². The number of carboxylic acid groups (broad SMARTS) is 1. The van der Waals surface area contributed by atoms with Gasteiger partial charge < -0.3 is 25.2 Å². The van der Waals surface area contributed by atoms with E-state index in [9.17, 15) is 19.5 Å². The Morgan fingerprint density at radius 2 is 1.56 bits per heavy atom. The smallest absolute Gasteiger partial charge is 0.325 e. The van der Waals surface area contributed by atoms with Crippen LogP contribution in [0.25, 0.3) is 11.4 Å². The number of amides is 1. The first kappa shape index (κ1) is 39.8. The van der Waals surface area contributed by atoms with Crippen LogP contribution in [-0.4, -0.2) is 32.9 Å². The van der Waals surface area contributed by atoms with Gasteiger partial charge in [0.1, 0.15) is 0 Å². The zero-order chi connectivity index (χ0) is 35.4. The fraction of sp³-hybridized carbons (Fsp3) is 0.711. The maximum Gasteiger partial charge on any atom is 0.325 e. The van der Waals surface area contributed by atoms with Crippen LogP contribution in [0.15, 0.2) is 12.1 Å². The molecule has 2 aromatic rings. The molecule has 0 bridgehead atoms. The van der Waals surface area contributed by atoms with Crippen LogP contribution >= 0.6 is 9.39 Å². The summed E-state index contributed by atoms with van der Waals surface area (Å²) in [5.74, 6) is 1.62. The summed E-state index contributed by atoms with van der Waals surface area (Å²) in [5, 5.41) is 15.1. The molecule has 2 aliphatic rings. The molecule has 2 fully saturated rings. The minimum Gasteiger partial charge on any atom is -0.481 e. The van der Waals surface area contributed by atoms with Gasteiger partial charge in [0.05, 0.1) is 24.2 Å². The SMILES string of the molecule is CCC(C)C(C)C(C)(c1cc(CC(=O)O)c(-c2cc(CNC(=O)CC3CCCC3)c(C)[nH]2)[nH]1)C(C)CC.O=C(CC1CCCC1)ONP. The predicted molar refractivity (Wildman–Crippen MR) is 196 cm³/mol. The number of carboxylic acids is 1. The van der Waals surface area contributed by atoms with Crippen molar-refractivity contribution in [1.29, 1.82) is 0 Å². The van der Waals surface area contributed by atoms with Crippen molar-refractivity contribution in [1.82, 2.24) is 20.5 Å². The number of aromatic amines is 2. The summed E-state index contributed by atoms with van der Waals surface area (Å²) in [6.07, 6.45) is 13.0. The van der Waals surface area contributed by atoms with E-state index < -0.39 is 5.97 Å². The van der Waals surface area contributed by atoms with Crippen molar-refractivity contribution < 1.29 is 24.3 Å². The molecule has 5 N–H and O–H groups in total. The lowest BCUT2D eigenvalue weighted by Gasteiger charge is -2.43. The van der Waals surface area contributed by atoms with Crippen molar-refractivity contribution in [3.05, 3.63) is 34.6 Å². The first-order chi connectivity index (χ1) is 22.8. The summed E-state index contributed by atoms with van der Waals surface area (Å²) in [7, 11) is 2.14. The van der Waals surface area contributed by atoms with Crippen LogP contribution in [0.2, 0.25) is 0 Å². The number of carbonyl (C=O) groups excluding carboxylic acids is 2. The highest BCUT2D eigenvalue weighted by Crippen LogP contribution is 2.45. The molecule has 0 aromatic carbocycles. The summed E-state index contributed by atoms with van der Waals surface area (Å²) >= 11 is 0. The average molecular weight is 687 g/mol. The van der Waals surface area contributed by atoms with E-state index in [1.807, 2.05) is 6.92 Å². The molecule has 0 spiro atoms. The molecule has 0 radical (unpaired) electrons. The van der Waals surface area contributed by atoms with Gasteiger partial charge in [-0.25, -0.2) is 0 Å². The van der Waals surface area contributed by atoms with Crippen LogP contribution in [0.1, 0.15) is 141 Å². The molecule has 9 nitrogen and oxygen atoms in total. The maximum absolute atomic E-state index is 12.5. The van der Waals surface area contributed by atoms with E-state index in [-0.39, 0.29) is 23.7 Å². The Balaban J connectivity index is 0.000000480. The molecular formula is C38H63N4O5P. The molecule has 10 heteroatoms. The number of carbonyl (C=O) groups is 3. The van der Waals surface area contributed by atoms with Crippen molar-refractivity contribution in [3.8, 4) is 11.4 Å². The van der Waals surface area contributed by atoms with Gasteiger partial charge in [-0.2, -0.15) is 0 Å². The lowest BCUT2D eigenvalue weighted by atomic mass is 9.62. The predicted octanol–water partition coefficient (Wildman–Crippen LogP) is 8.53. The van der Waals surface area contributed by atoms with E-state index in [0.717, 1.165) is 59.6 Å². The minimum absolute atomic E-state index is 0.0361. The van der Waals surface area contributed by atoms with Crippen molar-refractivity contribution >= 4 is 27.2 Å². The van der Waals surface area contributed by atoms with Crippen molar-refractivity contribution in [2.24, 2.45) is 29.6 Å². The Morgan fingerprint density at radius 1 is 0.958 bits per heavy atom. The van der Waals surface area contributed by atoms with E-state index in [1.54, 1.807) is 0 Å². The Hall–Kier alpha value is -2.64. The monoisotopic (exact) mass is 686 g/mol. The molecular weight excluding hydrogens is 623 g/mol. The van der Waals surface area contributed by atoms with E-state index in [1.165, 1.54) is 38.5 Å². The Bertz CT molecular complexity index is 1330. The molecule has 4 rings (SSSR count). The van der Waals surface area contributed by atoms with Crippen molar-refractivity contribution in [2.75, 3.05) is 0 Å². The number of rotatable bonds is 16. The van der Waals surface area contributed by atoms with Gasteiger partial charge in [-0.3, -0.25) is 14.4 Å². The first-order valence-corrected chi connectivity index (χ1v) is 19.0. The van der Waals surface area contributed by atoms with E-state index >= 15 is 0 Å². The fourth-order valence-electron chi connectivity index (χ4n) is 7.88. The third-order valence-electron chi connectivity index (χ3n) is 11.8. The molecule has 1 amide bonds. The summed E-state index contributed by atoms with van der Waals surface area (Å²) < 4.78 is 0. The van der Waals surface area contributed by atoms with Crippen LogP contribution in [-0.2, 0) is 37.6 Å². The van der Waals surface area contributed by atoms with Crippen LogP contribution in [0.5, 0.6) is 0 Å². The Kier molecular flexibility index (Phi) is 15.7. The lowest BCUT2D eigenvalue weighted by Crippen LogP contribution is -2.40. The molecule has 270 valence electrons. The second kappa shape index (κ2) is 18.9. The molecule has 2 saturated carbocycles. The Morgan fingerprint density at radius 3 is 2.10 bits per heavy atom. The van der Waals surface area contributed by atoms with Gasteiger partial charge in [0.25, 0.3) is 0 Å². The van der Waals surface area contributed by atoms with Crippen molar-refractivity contribution in [2.45, 2.75) is 144 Å². The number of aliphatic carboxylic acids is 1. The quantitative estimate of drug-likeness (QED) is 0.0887. The number of hydrogen-bond donors (Lipinski definition) is 5. The molecule has 2 heterocycles. The molecule has 2 aliphatic carbocycles. The number of aromatic nitrogens is 2. The number of hydrogen-bond acceptors (Lipinski definition) is 5. The van der Waals surface area contributed by atoms with E-state index in [2.05, 4.69) is 88.4 Å². The zero-order valence-corrected chi connectivity index (χ0v) is 31.8. The Labute approximate surface area is 291 Å². The molecule has 48 heavy (non-hydrogen) atoms. The first-order valence-electron chi connectivity index (χ1n) is 18.4. The maximum atomic E-state index is 12.5. The number of nitrogens with one attached hydrogen (secondary N) is 4. The highest BCUT2D eigenvalue weighted by molar-refractivity contribution is 7.13. The highest BCUT2D eigenvalue weighted by Gasteiger charge is 2.41. The van der Waals surface area contributed by atoms with Gasteiger partial charge >= 0.3 is 11.9 Å². The van der Waals surface area contributed by atoms with Gasteiger partial charge in [-0.05, 0) is 94.8 Å². The van der Waals surface area contributed by atoms with Gasteiger partial charge in [-0.1, -0.05) is 80.1 Å². The minimum atomic E-state index is -0.838. The summed E-state index contributed by atoms with van der Waals surface area (Å²) in [4.78, 5) is 46.9. The van der Waals surface area contributed by atoms with E-state index in [0.29, 0.717) is 49.0 Å². The van der Waals surface area contributed by atoms with Gasteiger partial charge in [-0.15, -0.1) is 5.25 Å². The normalized spacial score (nSPS) is 18.4. The second-order valence-corrected chi connectivity index (χ2v) is 15.1. The third kappa shape index (κ3) is 10.7. The summed E-state index contributed by atoms with van der Waals surface area (Å²) in [6, 6.07) is 4.15. The van der Waals surface area contributed by atoms with Crippen LogP contribution < -0.4 is 10.6 Å². The fourth-order valence-corrected chi connectivity index (χ4v) is 8.01. The van der Waals surface area contributed by atoms with Crippen LogP contribution in [0.3, 0.4) is 0 Å². The summed E-state index contributed by atoms with van der Waals surface area (Å²) in [5.41, 5.74) is 5.54. The zero-order valence-electron chi connectivity index (χ0n) is 30.6.